The lowest BCUT2D eigenvalue weighted by Gasteiger charge is -2.18. The summed E-state index contributed by atoms with van der Waals surface area (Å²) in [6.07, 6.45) is 0. The number of thiophene rings is 1. The molecule has 2 aromatic heterocycles. The molecule has 17 heavy (non-hydrogen) atoms. The monoisotopic (exact) mass is 333 g/mol. The van der Waals surface area contributed by atoms with E-state index in [0.29, 0.717) is 11.8 Å². The van der Waals surface area contributed by atoms with E-state index in [-0.39, 0.29) is 5.41 Å². The van der Waals surface area contributed by atoms with E-state index in [1.54, 1.807) is 11.3 Å². The molecule has 92 valence electrons. The molecule has 0 radical (unpaired) electrons. The van der Waals surface area contributed by atoms with Crippen LogP contribution in [0.1, 0.15) is 31.5 Å². The summed E-state index contributed by atoms with van der Waals surface area (Å²) >= 11 is 11.2. The third kappa shape index (κ3) is 2.89. The maximum Gasteiger partial charge on any atom is 0.225 e. The van der Waals surface area contributed by atoms with Gasteiger partial charge in [-0.1, -0.05) is 20.8 Å². The van der Waals surface area contributed by atoms with Gasteiger partial charge in [-0.25, -0.2) is 0 Å². The summed E-state index contributed by atoms with van der Waals surface area (Å²) < 4.78 is 3.08. The minimum Gasteiger partial charge on any atom is -0.296 e. The lowest BCUT2D eigenvalue weighted by atomic mass is 9.96. The third-order valence-electron chi connectivity index (χ3n) is 2.32. The van der Waals surface area contributed by atoms with Crippen LogP contribution in [0.25, 0.3) is 0 Å². The molecule has 0 fully saturated rings. The van der Waals surface area contributed by atoms with Gasteiger partial charge < -0.3 is 0 Å². The zero-order valence-corrected chi connectivity index (χ0v) is 13.0. The fraction of sp³-hybridized carbons (Fsp3) is 0.455. The fourth-order valence-electron chi connectivity index (χ4n) is 1.57. The Bertz CT molecular complexity index is 527. The Hall–Kier alpha value is -0.390. The summed E-state index contributed by atoms with van der Waals surface area (Å²) in [4.78, 5) is 1.23. The van der Waals surface area contributed by atoms with Crippen LogP contribution in [0.4, 0.5) is 0 Å². The quantitative estimate of drug-likeness (QED) is 0.828. The molecule has 0 spiro atoms. The molecule has 0 atom stereocenters. The van der Waals surface area contributed by atoms with Crippen LogP contribution in [-0.4, -0.2) is 14.8 Å². The normalized spacial score (nSPS) is 12.1. The summed E-state index contributed by atoms with van der Waals surface area (Å²) in [5.41, 5.74) is -0.0609. The van der Waals surface area contributed by atoms with E-state index in [9.17, 15) is 0 Å². The molecule has 0 unspecified atom stereocenters. The lowest BCUT2D eigenvalue weighted by molar-refractivity contribution is 0.511. The highest BCUT2D eigenvalue weighted by Gasteiger charge is 2.23. The van der Waals surface area contributed by atoms with E-state index in [4.69, 9.17) is 11.6 Å². The first-order valence-corrected chi connectivity index (χ1v) is 7.20. The summed E-state index contributed by atoms with van der Waals surface area (Å²) in [5, 5.41) is 8.57. The van der Waals surface area contributed by atoms with Gasteiger partial charge >= 0.3 is 0 Å². The summed E-state index contributed by atoms with van der Waals surface area (Å²) in [7, 11) is 0. The van der Waals surface area contributed by atoms with E-state index < -0.39 is 0 Å². The van der Waals surface area contributed by atoms with Gasteiger partial charge in [-0.05, 0) is 39.7 Å². The zero-order valence-electron chi connectivity index (χ0n) is 9.87. The molecule has 0 bridgehead atoms. The van der Waals surface area contributed by atoms with Crippen molar-refractivity contribution in [3.63, 3.8) is 0 Å². The Labute approximate surface area is 118 Å². The van der Waals surface area contributed by atoms with E-state index >= 15 is 0 Å². The van der Waals surface area contributed by atoms with Crippen molar-refractivity contribution >= 4 is 38.9 Å². The van der Waals surface area contributed by atoms with Crippen LogP contribution in [0, 0.1) is 0 Å². The van der Waals surface area contributed by atoms with Crippen molar-refractivity contribution in [1.29, 1.82) is 0 Å². The van der Waals surface area contributed by atoms with Crippen molar-refractivity contribution in [2.45, 2.75) is 32.7 Å². The lowest BCUT2D eigenvalue weighted by Crippen LogP contribution is -2.19. The zero-order chi connectivity index (χ0) is 12.6. The van der Waals surface area contributed by atoms with Crippen molar-refractivity contribution in [2.24, 2.45) is 0 Å². The van der Waals surface area contributed by atoms with Gasteiger partial charge in [-0.3, -0.25) is 4.57 Å². The molecular weight excluding hydrogens is 322 g/mol. The van der Waals surface area contributed by atoms with Crippen LogP contribution in [0.15, 0.2) is 15.9 Å². The molecule has 0 amide bonds. The highest BCUT2D eigenvalue weighted by atomic mass is 79.9. The smallest absolute Gasteiger partial charge is 0.225 e. The third-order valence-corrected chi connectivity index (χ3v) is 4.21. The van der Waals surface area contributed by atoms with Gasteiger partial charge in [0.05, 0.1) is 10.3 Å². The molecule has 0 saturated carbocycles. The van der Waals surface area contributed by atoms with Crippen molar-refractivity contribution < 1.29 is 0 Å². The first-order chi connectivity index (χ1) is 7.88. The molecule has 2 aromatic rings. The van der Waals surface area contributed by atoms with Crippen LogP contribution in [0.5, 0.6) is 0 Å². The topological polar surface area (TPSA) is 30.7 Å². The molecule has 0 saturated heterocycles. The van der Waals surface area contributed by atoms with E-state index in [2.05, 4.69) is 53.0 Å². The number of rotatable bonds is 2. The second-order valence-electron chi connectivity index (χ2n) is 4.83. The average Bonchev–Trinajstić information content (AvgIpc) is 2.74. The van der Waals surface area contributed by atoms with Gasteiger partial charge in [0, 0.05) is 10.3 Å². The maximum absolute atomic E-state index is 6.09. The van der Waals surface area contributed by atoms with Gasteiger partial charge in [0.25, 0.3) is 0 Å². The van der Waals surface area contributed by atoms with E-state index in [1.807, 2.05) is 10.6 Å². The van der Waals surface area contributed by atoms with E-state index in [0.717, 1.165) is 9.61 Å². The van der Waals surface area contributed by atoms with Crippen LogP contribution < -0.4 is 0 Å². The molecule has 0 aliphatic carbocycles. The van der Waals surface area contributed by atoms with Crippen LogP contribution in [0.3, 0.4) is 0 Å². The SMILES string of the molecule is CC(C)(C)c1nnc(Cl)n1Cc1ccc(Br)s1. The summed E-state index contributed by atoms with van der Waals surface area (Å²) in [6, 6.07) is 4.12. The molecule has 6 heteroatoms. The highest BCUT2D eigenvalue weighted by molar-refractivity contribution is 9.11. The van der Waals surface area contributed by atoms with Gasteiger partial charge in [-0.2, -0.15) is 0 Å². The van der Waals surface area contributed by atoms with Crippen LogP contribution in [0.2, 0.25) is 5.28 Å². The Balaban J connectivity index is 2.35. The van der Waals surface area contributed by atoms with Crippen LogP contribution >= 0.6 is 38.9 Å². The minimum absolute atomic E-state index is 0.0609. The first kappa shape index (κ1) is 13.1. The second-order valence-corrected chi connectivity index (χ2v) is 7.72. The molecular formula is C11H13BrClN3S. The Morgan fingerprint density at radius 1 is 1.35 bits per heavy atom. The number of aromatic nitrogens is 3. The van der Waals surface area contributed by atoms with Crippen molar-refractivity contribution in [2.75, 3.05) is 0 Å². The average molecular weight is 335 g/mol. The molecule has 3 nitrogen and oxygen atoms in total. The van der Waals surface area contributed by atoms with E-state index in [1.165, 1.54) is 4.88 Å². The largest absolute Gasteiger partial charge is 0.296 e. The van der Waals surface area contributed by atoms with Gasteiger partial charge in [0.15, 0.2) is 0 Å². The second kappa shape index (κ2) is 4.71. The van der Waals surface area contributed by atoms with Gasteiger partial charge in [-0.15, -0.1) is 21.5 Å². The number of hydrogen-bond donors (Lipinski definition) is 0. The molecule has 0 N–H and O–H groups in total. The molecule has 0 aliphatic heterocycles. The van der Waals surface area contributed by atoms with Gasteiger partial charge in [0.1, 0.15) is 5.82 Å². The van der Waals surface area contributed by atoms with Crippen molar-refractivity contribution in [3.8, 4) is 0 Å². The predicted molar refractivity (Wildman–Crippen MR) is 74.9 cm³/mol. The Kier molecular flexibility index (Phi) is 3.61. The molecule has 2 heterocycles. The van der Waals surface area contributed by atoms with Crippen LogP contribution in [-0.2, 0) is 12.0 Å². The van der Waals surface area contributed by atoms with Crippen molar-refractivity contribution in [1.82, 2.24) is 14.8 Å². The summed E-state index contributed by atoms with van der Waals surface area (Å²) in [5.74, 6) is 0.909. The molecule has 0 aromatic carbocycles. The standard InChI is InChI=1S/C11H13BrClN3S/c1-11(2,3)9-14-15-10(13)16(9)6-7-4-5-8(12)17-7/h4-5H,6H2,1-3H3. The van der Waals surface area contributed by atoms with Crippen molar-refractivity contribution in [3.05, 3.63) is 31.9 Å². The van der Waals surface area contributed by atoms with Gasteiger partial charge in [0.2, 0.25) is 5.28 Å². The number of hydrogen-bond acceptors (Lipinski definition) is 3. The predicted octanol–water partition coefficient (Wildman–Crippen LogP) is 4.10. The highest BCUT2D eigenvalue weighted by Crippen LogP contribution is 2.27. The maximum atomic E-state index is 6.09. The summed E-state index contributed by atoms with van der Waals surface area (Å²) in [6.45, 7) is 7.03. The first-order valence-electron chi connectivity index (χ1n) is 5.21. The Morgan fingerprint density at radius 3 is 2.59 bits per heavy atom. The molecule has 2 rings (SSSR count). The minimum atomic E-state index is -0.0609. The Morgan fingerprint density at radius 2 is 2.06 bits per heavy atom. The number of halogens is 2. The fourth-order valence-corrected chi connectivity index (χ4v) is 3.22. The number of nitrogens with zero attached hydrogens (tertiary/aromatic N) is 3. The molecule has 0 aliphatic rings.